The molecular weight excluding hydrogens is 302 g/mol. The van der Waals surface area contributed by atoms with E-state index in [1.807, 2.05) is 0 Å². The maximum Gasteiger partial charge on any atom is 0.271 e. The summed E-state index contributed by atoms with van der Waals surface area (Å²) in [5, 5.41) is 10.8. The molecule has 0 atom stereocenters. The molecule has 6 nitrogen and oxygen atoms in total. The Morgan fingerprint density at radius 1 is 1.44 bits per heavy atom. The van der Waals surface area contributed by atoms with Gasteiger partial charge >= 0.3 is 0 Å². The molecule has 0 amide bonds. The summed E-state index contributed by atoms with van der Waals surface area (Å²) in [6, 6.07) is 4.61. The van der Waals surface area contributed by atoms with E-state index in [0.717, 1.165) is 0 Å². The SMILES string of the molecule is NCCc1ncc(-c2cc(Br)cc([N+](=O)[O-])c2)o1. The van der Waals surface area contributed by atoms with Crippen molar-refractivity contribution in [3.8, 4) is 11.3 Å². The fourth-order valence-electron chi connectivity index (χ4n) is 1.50. The largest absolute Gasteiger partial charge is 0.441 e. The number of rotatable bonds is 4. The van der Waals surface area contributed by atoms with Crippen LogP contribution in [0.15, 0.2) is 33.3 Å². The van der Waals surface area contributed by atoms with Crippen molar-refractivity contribution >= 4 is 21.6 Å². The zero-order chi connectivity index (χ0) is 13.1. The van der Waals surface area contributed by atoms with Gasteiger partial charge in [0, 0.05) is 35.1 Å². The predicted octanol–water partition coefficient (Wildman–Crippen LogP) is 2.51. The van der Waals surface area contributed by atoms with E-state index in [0.29, 0.717) is 34.7 Å². The Hall–Kier alpha value is -1.73. The summed E-state index contributed by atoms with van der Waals surface area (Å²) in [5.74, 6) is 1.01. The second-order valence-corrected chi connectivity index (χ2v) is 4.53. The average Bonchev–Trinajstić information content (AvgIpc) is 2.77. The Labute approximate surface area is 111 Å². The number of nitrogens with zero attached hydrogens (tertiary/aromatic N) is 2. The fraction of sp³-hybridized carbons (Fsp3) is 0.182. The summed E-state index contributed by atoms with van der Waals surface area (Å²) >= 11 is 3.23. The van der Waals surface area contributed by atoms with Crippen molar-refractivity contribution in [2.75, 3.05) is 6.54 Å². The molecule has 0 aliphatic carbocycles. The van der Waals surface area contributed by atoms with Crippen LogP contribution in [0.2, 0.25) is 0 Å². The highest BCUT2D eigenvalue weighted by atomic mass is 79.9. The average molecular weight is 312 g/mol. The number of benzene rings is 1. The minimum absolute atomic E-state index is 0.00356. The zero-order valence-corrected chi connectivity index (χ0v) is 10.9. The lowest BCUT2D eigenvalue weighted by molar-refractivity contribution is -0.384. The molecular formula is C11H10BrN3O3. The number of nitro groups is 1. The lowest BCUT2D eigenvalue weighted by Gasteiger charge is -1.98. The highest BCUT2D eigenvalue weighted by Crippen LogP contribution is 2.29. The summed E-state index contributed by atoms with van der Waals surface area (Å²) in [6.07, 6.45) is 2.08. The number of aromatic nitrogens is 1. The van der Waals surface area contributed by atoms with Crippen molar-refractivity contribution in [1.82, 2.24) is 4.98 Å². The summed E-state index contributed by atoms with van der Waals surface area (Å²) in [4.78, 5) is 14.4. The van der Waals surface area contributed by atoms with Crippen LogP contribution >= 0.6 is 15.9 Å². The van der Waals surface area contributed by atoms with Crippen LogP contribution in [0.3, 0.4) is 0 Å². The van der Waals surface area contributed by atoms with Gasteiger partial charge in [0.2, 0.25) is 0 Å². The third-order valence-electron chi connectivity index (χ3n) is 2.29. The molecule has 2 rings (SSSR count). The lowest BCUT2D eigenvalue weighted by atomic mass is 10.1. The first-order valence-corrected chi connectivity index (χ1v) is 5.99. The number of nitrogens with two attached hydrogens (primary N) is 1. The number of oxazole rings is 1. The van der Waals surface area contributed by atoms with Gasteiger partial charge in [0.25, 0.3) is 5.69 Å². The summed E-state index contributed by atoms with van der Waals surface area (Å²) < 4.78 is 6.08. The summed E-state index contributed by atoms with van der Waals surface area (Å²) in [7, 11) is 0. The summed E-state index contributed by atoms with van der Waals surface area (Å²) in [6.45, 7) is 0.443. The molecule has 1 aromatic heterocycles. The minimum Gasteiger partial charge on any atom is -0.441 e. The lowest BCUT2D eigenvalue weighted by Crippen LogP contribution is -2.02. The van der Waals surface area contributed by atoms with Gasteiger partial charge in [-0.25, -0.2) is 4.98 Å². The van der Waals surface area contributed by atoms with Gasteiger partial charge in [-0.3, -0.25) is 10.1 Å². The number of nitro benzene ring substituents is 1. The molecule has 0 fully saturated rings. The third-order valence-corrected chi connectivity index (χ3v) is 2.75. The number of hydrogen-bond acceptors (Lipinski definition) is 5. The highest BCUT2D eigenvalue weighted by molar-refractivity contribution is 9.10. The molecule has 18 heavy (non-hydrogen) atoms. The Morgan fingerprint density at radius 2 is 2.22 bits per heavy atom. The first kappa shape index (κ1) is 12.7. The maximum absolute atomic E-state index is 10.8. The van der Waals surface area contributed by atoms with Crippen LogP contribution in [0, 0.1) is 10.1 Å². The predicted molar refractivity (Wildman–Crippen MR) is 69.1 cm³/mol. The Morgan fingerprint density at radius 3 is 2.89 bits per heavy atom. The third kappa shape index (κ3) is 2.74. The Balaban J connectivity index is 2.39. The minimum atomic E-state index is -0.453. The Kier molecular flexibility index (Phi) is 3.73. The monoisotopic (exact) mass is 311 g/mol. The molecule has 94 valence electrons. The molecule has 2 aromatic rings. The molecule has 0 unspecified atom stereocenters. The van der Waals surface area contributed by atoms with Gasteiger partial charge in [-0.05, 0) is 6.07 Å². The van der Waals surface area contributed by atoms with Gasteiger partial charge in [-0.2, -0.15) is 0 Å². The van der Waals surface area contributed by atoms with E-state index >= 15 is 0 Å². The van der Waals surface area contributed by atoms with E-state index in [9.17, 15) is 10.1 Å². The maximum atomic E-state index is 10.8. The molecule has 2 N–H and O–H groups in total. The van der Waals surface area contributed by atoms with Gasteiger partial charge in [0.1, 0.15) is 0 Å². The van der Waals surface area contributed by atoms with Crippen molar-refractivity contribution in [3.05, 3.63) is 44.9 Å². The van der Waals surface area contributed by atoms with Crippen molar-refractivity contribution in [2.45, 2.75) is 6.42 Å². The number of halogens is 1. The van der Waals surface area contributed by atoms with Crippen molar-refractivity contribution < 1.29 is 9.34 Å². The molecule has 0 bridgehead atoms. The molecule has 7 heteroatoms. The molecule has 1 aromatic carbocycles. The van der Waals surface area contributed by atoms with Crippen LogP contribution in [0.4, 0.5) is 5.69 Å². The summed E-state index contributed by atoms with van der Waals surface area (Å²) in [5.41, 5.74) is 6.00. The normalized spacial score (nSPS) is 10.6. The van der Waals surface area contributed by atoms with E-state index in [1.54, 1.807) is 6.07 Å². The van der Waals surface area contributed by atoms with Crippen molar-refractivity contribution in [3.63, 3.8) is 0 Å². The quantitative estimate of drug-likeness (QED) is 0.691. The number of hydrogen-bond donors (Lipinski definition) is 1. The fourth-order valence-corrected chi connectivity index (χ4v) is 1.99. The zero-order valence-electron chi connectivity index (χ0n) is 9.30. The molecule has 0 aliphatic rings. The molecule has 1 heterocycles. The molecule has 0 saturated carbocycles. The van der Waals surface area contributed by atoms with E-state index < -0.39 is 4.92 Å². The molecule has 0 saturated heterocycles. The highest BCUT2D eigenvalue weighted by Gasteiger charge is 2.13. The van der Waals surface area contributed by atoms with E-state index in [1.165, 1.54) is 18.3 Å². The first-order valence-electron chi connectivity index (χ1n) is 5.20. The van der Waals surface area contributed by atoms with Gasteiger partial charge < -0.3 is 10.2 Å². The van der Waals surface area contributed by atoms with Crippen LogP contribution in [-0.2, 0) is 6.42 Å². The topological polar surface area (TPSA) is 95.2 Å². The van der Waals surface area contributed by atoms with Gasteiger partial charge in [0.15, 0.2) is 11.7 Å². The van der Waals surface area contributed by atoms with E-state index in [2.05, 4.69) is 20.9 Å². The number of non-ortho nitro benzene ring substituents is 1. The van der Waals surface area contributed by atoms with E-state index in [4.69, 9.17) is 10.2 Å². The standard InChI is InChI=1S/C11H10BrN3O3/c12-8-3-7(4-9(5-8)15(16)17)10-6-14-11(18-10)1-2-13/h3-6H,1-2,13H2. The van der Waals surface area contributed by atoms with Gasteiger partial charge in [-0.15, -0.1) is 0 Å². The molecule has 0 aliphatic heterocycles. The second-order valence-electron chi connectivity index (χ2n) is 3.61. The smallest absolute Gasteiger partial charge is 0.271 e. The van der Waals surface area contributed by atoms with Crippen molar-refractivity contribution in [2.24, 2.45) is 5.73 Å². The first-order chi connectivity index (χ1) is 8.60. The van der Waals surface area contributed by atoms with Crippen LogP contribution in [0.5, 0.6) is 0 Å². The van der Waals surface area contributed by atoms with Crippen LogP contribution in [-0.4, -0.2) is 16.5 Å². The van der Waals surface area contributed by atoms with Crippen molar-refractivity contribution in [1.29, 1.82) is 0 Å². The van der Waals surface area contributed by atoms with Crippen LogP contribution in [0.1, 0.15) is 5.89 Å². The van der Waals surface area contributed by atoms with E-state index in [-0.39, 0.29) is 5.69 Å². The molecule has 0 spiro atoms. The van der Waals surface area contributed by atoms with Crippen LogP contribution in [0.25, 0.3) is 11.3 Å². The Bertz CT molecular complexity index is 583. The van der Waals surface area contributed by atoms with Crippen LogP contribution < -0.4 is 5.73 Å². The second kappa shape index (κ2) is 5.28. The molecule has 0 radical (unpaired) electrons. The van der Waals surface area contributed by atoms with Gasteiger partial charge in [-0.1, -0.05) is 15.9 Å². The van der Waals surface area contributed by atoms with Gasteiger partial charge in [0.05, 0.1) is 11.1 Å².